The minimum Gasteiger partial charge on any atom is -0.468 e. The SMILES string of the molecule is COC(=O)C(c1ccc(Cl)c(Cl)c1)N(C)C. The quantitative estimate of drug-likeness (QED) is 0.784. The van der Waals surface area contributed by atoms with Gasteiger partial charge in [-0.25, -0.2) is 4.79 Å². The first kappa shape index (κ1) is 13.3. The van der Waals surface area contributed by atoms with E-state index >= 15 is 0 Å². The fourth-order valence-electron chi connectivity index (χ4n) is 1.44. The molecule has 0 spiro atoms. The topological polar surface area (TPSA) is 29.5 Å². The molecule has 16 heavy (non-hydrogen) atoms. The fraction of sp³-hybridized carbons (Fsp3) is 0.364. The Balaban J connectivity index is 3.11. The molecule has 0 aliphatic rings. The molecule has 0 heterocycles. The van der Waals surface area contributed by atoms with Gasteiger partial charge in [-0.3, -0.25) is 4.90 Å². The van der Waals surface area contributed by atoms with Crippen molar-refractivity contribution in [2.45, 2.75) is 6.04 Å². The molecule has 0 amide bonds. The lowest BCUT2D eigenvalue weighted by Gasteiger charge is -2.22. The standard InChI is InChI=1S/C11H13Cl2NO2/c1-14(2)10(11(15)16-3)7-4-5-8(12)9(13)6-7/h4-6,10H,1-3H3. The Kier molecular flexibility index (Phi) is 4.59. The Bertz CT molecular complexity index is 394. The number of esters is 1. The molecule has 0 aliphatic carbocycles. The number of methoxy groups -OCH3 is 1. The van der Waals surface area contributed by atoms with Crippen LogP contribution in [-0.4, -0.2) is 32.1 Å². The molecule has 1 aromatic carbocycles. The predicted molar refractivity (Wildman–Crippen MR) is 64.9 cm³/mol. The summed E-state index contributed by atoms with van der Waals surface area (Å²) in [7, 11) is 4.95. The van der Waals surface area contributed by atoms with E-state index in [9.17, 15) is 4.79 Å². The fourth-order valence-corrected chi connectivity index (χ4v) is 1.75. The van der Waals surface area contributed by atoms with Gasteiger partial charge in [0.2, 0.25) is 0 Å². The zero-order chi connectivity index (χ0) is 12.3. The second-order valence-electron chi connectivity index (χ2n) is 3.56. The smallest absolute Gasteiger partial charge is 0.327 e. The third-order valence-electron chi connectivity index (χ3n) is 2.20. The Morgan fingerprint density at radius 3 is 2.38 bits per heavy atom. The lowest BCUT2D eigenvalue weighted by atomic mass is 10.1. The molecule has 88 valence electrons. The highest BCUT2D eigenvalue weighted by atomic mass is 35.5. The molecule has 0 aromatic heterocycles. The van der Waals surface area contributed by atoms with Crippen molar-refractivity contribution in [2.24, 2.45) is 0 Å². The first-order valence-electron chi connectivity index (χ1n) is 4.66. The van der Waals surface area contributed by atoms with Crippen molar-refractivity contribution in [1.82, 2.24) is 4.90 Å². The molecule has 3 nitrogen and oxygen atoms in total. The Hall–Kier alpha value is -0.770. The van der Waals surface area contributed by atoms with E-state index < -0.39 is 6.04 Å². The summed E-state index contributed by atoms with van der Waals surface area (Å²) in [5.74, 6) is -0.330. The molecule has 1 rings (SSSR count). The van der Waals surface area contributed by atoms with Crippen LogP contribution in [0.15, 0.2) is 18.2 Å². The molecule has 0 radical (unpaired) electrons. The second kappa shape index (κ2) is 5.53. The van der Waals surface area contributed by atoms with Crippen LogP contribution in [0.4, 0.5) is 0 Å². The predicted octanol–water partition coefficient (Wildman–Crippen LogP) is 2.77. The van der Waals surface area contributed by atoms with Crippen LogP contribution in [0.5, 0.6) is 0 Å². The molecule has 0 saturated heterocycles. The van der Waals surface area contributed by atoms with Gasteiger partial charge in [0.1, 0.15) is 6.04 Å². The van der Waals surface area contributed by atoms with E-state index in [-0.39, 0.29) is 5.97 Å². The maximum absolute atomic E-state index is 11.6. The molecular weight excluding hydrogens is 249 g/mol. The molecule has 0 bridgehead atoms. The number of nitrogens with zero attached hydrogens (tertiary/aromatic N) is 1. The van der Waals surface area contributed by atoms with Crippen molar-refractivity contribution in [3.05, 3.63) is 33.8 Å². The van der Waals surface area contributed by atoms with Gasteiger partial charge in [0.15, 0.2) is 0 Å². The van der Waals surface area contributed by atoms with Crippen molar-refractivity contribution in [3.63, 3.8) is 0 Å². The molecule has 0 aliphatic heterocycles. The van der Waals surface area contributed by atoms with Crippen molar-refractivity contribution < 1.29 is 9.53 Å². The van der Waals surface area contributed by atoms with Gasteiger partial charge in [-0.2, -0.15) is 0 Å². The lowest BCUT2D eigenvalue weighted by molar-refractivity contribution is -0.146. The molecule has 0 fully saturated rings. The number of ether oxygens (including phenoxy) is 1. The minimum atomic E-state index is -0.472. The lowest BCUT2D eigenvalue weighted by Crippen LogP contribution is -2.28. The molecule has 1 unspecified atom stereocenters. The van der Waals surface area contributed by atoms with E-state index in [0.717, 1.165) is 5.56 Å². The van der Waals surface area contributed by atoms with Gasteiger partial charge < -0.3 is 4.74 Å². The van der Waals surface area contributed by atoms with Crippen LogP contribution in [0.2, 0.25) is 10.0 Å². The first-order valence-corrected chi connectivity index (χ1v) is 5.42. The highest BCUT2D eigenvalue weighted by Crippen LogP contribution is 2.28. The van der Waals surface area contributed by atoms with Crippen LogP contribution in [0.3, 0.4) is 0 Å². The van der Waals surface area contributed by atoms with Crippen molar-refractivity contribution >= 4 is 29.2 Å². The molecular formula is C11H13Cl2NO2. The molecule has 0 saturated carbocycles. The Labute approximate surface area is 105 Å². The van der Waals surface area contributed by atoms with Crippen molar-refractivity contribution in [3.8, 4) is 0 Å². The van der Waals surface area contributed by atoms with Gasteiger partial charge in [0, 0.05) is 0 Å². The highest BCUT2D eigenvalue weighted by Gasteiger charge is 2.24. The maximum Gasteiger partial charge on any atom is 0.327 e. The molecule has 1 aromatic rings. The third kappa shape index (κ3) is 2.88. The second-order valence-corrected chi connectivity index (χ2v) is 4.38. The van der Waals surface area contributed by atoms with Crippen molar-refractivity contribution in [1.29, 1.82) is 0 Å². The number of rotatable bonds is 3. The van der Waals surface area contributed by atoms with E-state index in [1.165, 1.54) is 7.11 Å². The van der Waals surface area contributed by atoms with E-state index in [0.29, 0.717) is 10.0 Å². The summed E-state index contributed by atoms with van der Waals surface area (Å²) >= 11 is 11.7. The Morgan fingerprint density at radius 2 is 1.94 bits per heavy atom. The van der Waals surface area contributed by atoms with Crippen LogP contribution in [0.1, 0.15) is 11.6 Å². The monoisotopic (exact) mass is 261 g/mol. The number of likely N-dealkylation sites (N-methyl/N-ethyl adjacent to an activating group) is 1. The summed E-state index contributed by atoms with van der Waals surface area (Å²) in [4.78, 5) is 13.4. The van der Waals surface area contributed by atoms with Gasteiger partial charge >= 0.3 is 5.97 Å². The summed E-state index contributed by atoms with van der Waals surface area (Å²) < 4.78 is 4.74. The summed E-state index contributed by atoms with van der Waals surface area (Å²) in [6.45, 7) is 0. The average Bonchev–Trinajstić information content (AvgIpc) is 2.22. The minimum absolute atomic E-state index is 0.330. The third-order valence-corrected chi connectivity index (χ3v) is 2.94. The van der Waals surface area contributed by atoms with Gasteiger partial charge in [0.05, 0.1) is 17.2 Å². The number of hydrogen-bond donors (Lipinski definition) is 0. The van der Waals surface area contributed by atoms with Gasteiger partial charge in [-0.15, -0.1) is 0 Å². The summed E-state index contributed by atoms with van der Waals surface area (Å²) in [5, 5.41) is 0.891. The summed E-state index contributed by atoms with van der Waals surface area (Å²) in [5.41, 5.74) is 0.756. The van der Waals surface area contributed by atoms with Crippen LogP contribution >= 0.6 is 23.2 Å². The van der Waals surface area contributed by atoms with Gasteiger partial charge in [-0.05, 0) is 31.8 Å². The Morgan fingerprint density at radius 1 is 1.31 bits per heavy atom. The highest BCUT2D eigenvalue weighted by molar-refractivity contribution is 6.42. The van der Waals surface area contributed by atoms with Gasteiger partial charge in [0.25, 0.3) is 0 Å². The van der Waals surface area contributed by atoms with Crippen LogP contribution in [0.25, 0.3) is 0 Å². The van der Waals surface area contributed by atoms with Crippen LogP contribution in [-0.2, 0) is 9.53 Å². The molecule has 0 N–H and O–H groups in total. The van der Waals surface area contributed by atoms with E-state index in [4.69, 9.17) is 27.9 Å². The van der Waals surface area contributed by atoms with Crippen LogP contribution in [0, 0.1) is 0 Å². The largest absolute Gasteiger partial charge is 0.468 e. The van der Waals surface area contributed by atoms with E-state index in [1.807, 2.05) is 0 Å². The maximum atomic E-state index is 11.6. The number of carbonyl (C=O) groups excluding carboxylic acids is 1. The van der Waals surface area contributed by atoms with E-state index in [1.54, 1.807) is 37.2 Å². The molecule has 5 heteroatoms. The van der Waals surface area contributed by atoms with E-state index in [2.05, 4.69) is 0 Å². The summed E-state index contributed by atoms with van der Waals surface area (Å²) in [6, 6.07) is 4.62. The first-order chi connectivity index (χ1) is 7.47. The zero-order valence-corrected chi connectivity index (χ0v) is 10.8. The molecule has 1 atom stereocenters. The van der Waals surface area contributed by atoms with Gasteiger partial charge in [-0.1, -0.05) is 29.3 Å². The number of hydrogen-bond acceptors (Lipinski definition) is 3. The summed E-state index contributed by atoms with van der Waals surface area (Å²) in [6.07, 6.45) is 0. The average molecular weight is 262 g/mol. The zero-order valence-electron chi connectivity index (χ0n) is 9.33. The van der Waals surface area contributed by atoms with Crippen molar-refractivity contribution in [2.75, 3.05) is 21.2 Å². The van der Waals surface area contributed by atoms with Crippen LogP contribution < -0.4 is 0 Å². The number of halogens is 2. The number of carbonyl (C=O) groups is 1. The normalized spacial score (nSPS) is 12.6. The number of benzene rings is 1.